The van der Waals surface area contributed by atoms with Crippen LogP contribution in [-0.4, -0.2) is 65.6 Å². The van der Waals surface area contributed by atoms with Crippen LogP contribution in [0.5, 0.6) is 0 Å². The van der Waals surface area contributed by atoms with Gasteiger partial charge in [-0.05, 0) is 25.0 Å². The van der Waals surface area contributed by atoms with Crippen molar-refractivity contribution in [2.75, 3.05) is 44.7 Å². The fourth-order valence-electron chi connectivity index (χ4n) is 4.34. The predicted octanol–water partition coefficient (Wildman–Crippen LogP) is 2.62. The molecule has 0 bridgehead atoms. The van der Waals surface area contributed by atoms with Crippen LogP contribution in [-0.2, 0) is 11.3 Å². The molecule has 1 amide bonds. The number of aromatic nitrogens is 3. The highest BCUT2D eigenvalue weighted by Gasteiger charge is 2.30. The summed E-state index contributed by atoms with van der Waals surface area (Å²) in [5, 5.41) is 3.76. The van der Waals surface area contributed by atoms with E-state index in [1.54, 1.807) is 13.2 Å². The van der Waals surface area contributed by atoms with E-state index in [-0.39, 0.29) is 12.0 Å². The number of ether oxygens (including phenoxy) is 1. The zero-order valence-electron chi connectivity index (χ0n) is 17.6. The lowest BCUT2D eigenvalue weighted by molar-refractivity contribution is -0.0326. The Hall–Kier alpha value is -2.62. The number of hydrogen-bond donors (Lipinski definition) is 1. The van der Waals surface area contributed by atoms with Crippen LogP contribution < -0.4 is 10.2 Å². The molecule has 0 aliphatic carbocycles. The molecular formula is C22H26N6O2S. The first-order valence-electron chi connectivity index (χ1n) is 10.7. The Balaban J connectivity index is 1.38. The van der Waals surface area contributed by atoms with Gasteiger partial charge < -0.3 is 15.0 Å². The number of nitrogens with one attached hydrogen (secondary N) is 1. The van der Waals surface area contributed by atoms with Crippen molar-refractivity contribution in [2.24, 2.45) is 0 Å². The highest BCUT2D eigenvalue weighted by molar-refractivity contribution is 7.20. The van der Waals surface area contributed by atoms with Crippen molar-refractivity contribution in [3.63, 3.8) is 0 Å². The number of rotatable bonds is 5. The molecule has 2 aliphatic rings. The topological polar surface area (TPSA) is 83.5 Å². The maximum Gasteiger partial charge on any atom is 0.261 e. The number of hydrogen-bond acceptors (Lipinski definition) is 8. The molecule has 1 atom stereocenters. The summed E-state index contributed by atoms with van der Waals surface area (Å²) < 4.78 is 6.15. The molecule has 0 aromatic carbocycles. The lowest BCUT2D eigenvalue weighted by Gasteiger charge is -2.33. The fraction of sp³-hybridized carbons (Fsp3) is 0.455. The minimum absolute atomic E-state index is 0.0928. The molecule has 8 nitrogen and oxygen atoms in total. The Morgan fingerprint density at radius 1 is 1.23 bits per heavy atom. The zero-order valence-corrected chi connectivity index (χ0v) is 18.4. The first-order chi connectivity index (χ1) is 15.2. The van der Waals surface area contributed by atoms with E-state index in [4.69, 9.17) is 9.72 Å². The van der Waals surface area contributed by atoms with E-state index in [9.17, 15) is 4.79 Å². The second kappa shape index (κ2) is 8.86. The summed E-state index contributed by atoms with van der Waals surface area (Å²) in [6.07, 6.45) is 5.84. The van der Waals surface area contributed by atoms with Gasteiger partial charge in [0.2, 0.25) is 5.95 Å². The number of nitrogens with zero attached hydrogens (tertiary/aromatic N) is 5. The summed E-state index contributed by atoms with van der Waals surface area (Å²) in [5.41, 5.74) is 1.96. The van der Waals surface area contributed by atoms with Crippen LogP contribution in [0.2, 0.25) is 0 Å². The van der Waals surface area contributed by atoms with E-state index in [2.05, 4.69) is 25.1 Å². The second-order valence-corrected chi connectivity index (χ2v) is 8.92. The molecule has 162 valence electrons. The molecule has 9 heteroatoms. The van der Waals surface area contributed by atoms with Crippen molar-refractivity contribution in [1.29, 1.82) is 0 Å². The van der Waals surface area contributed by atoms with Crippen molar-refractivity contribution in [3.05, 3.63) is 46.7 Å². The van der Waals surface area contributed by atoms with Crippen LogP contribution in [0.3, 0.4) is 0 Å². The number of anilines is 1. The van der Waals surface area contributed by atoms with E-state index in [0.717, 1.165) is 53.6 Å². The summed E-state index contributed by atoms with van der Waals surface area (Å²) in [4.78, 5) is 32.4. The molecule has 0 unspecified atom stereocenters. The SMILES string of the molecule is CNC(=O)c1sc2ncccc2c1[C@@H]1CN(Cc2ccnc(N3CCCC3)n2)CCO1. The number of morpholine rings is 1. The molecule has 3 aromatic rings. The molecular weight excluding hydrogens is 412 g/mol. The smallest absolute Gasteiger partial charge is 0.261 e. The summed E-state index contributed by atoms with van der Waals surface area (Å²) >= 11 is 1.42. The third-order valence-electron chi connectivity index (χ3n) is 5.89. The Morgan fingerprint density at radius 2 is 2.10 bits per heavy atom. The van der Waals surface area contributed by atoms with E-state index >= 15 is 0 Å². The highest BCUT2D eigenvalue weighted by Crippen LogP contribution is 2.37. The molecule has 0 radical (unpaired) electrons. The molecule has 0 spiro atoms. The molecule has 5 rings (SSSR count). The minimum atomic E-state index is -0.182. The van der Waals surface area contributed by atoms with Gasteiger partial charge in [0.05, 0.1) is 18.4 Å². The largest absolute Gasteiger partial charge is 0.371 e. The lowest BCUT2D eigenvalue weighted by atomic mass is 10.0. The van der Waals surface area contributed by atoms with Crippen molar-refractivity contribution in [3.8, 4) is 0 Å². The van der Waals surface area contributed by atoms with Crippen molar-refractivity contribution in [2.45, 2.75) is 25.5 Å². The summed E-state index contributed by atoms with van der Waals surface area (Å²) in [5.74, 6) is 0.737. The highest BCUT2D eigenvalue weighted by atomic mass is 32.1. The Labute approximate surface area is 185 Å². The molecule has 3 aromatic heterocycles. The average molecular weight is 439 g/mol. The number of carbonyl (C=O) groups excluding carboxylic acids is 1. The van der Waals surface area contributed by atoms with Gasteiger partial charge in [0.1, 0.15) is 9.71 Å². The van der Waals surface area contributed by atoms with Crippen LogP contribution in [0.4, 0.5) is 5.95 Å². The van der Waals surface area contributed by atoms with Crippen molar-refractivity contribution < 1.29 is 9.53 Å². The van der Waals surface area contributed by atoms with Gasteiger partial charge in [-0.3, -0.25) is 9.69 Å². The van der Waals surface area contributed by atoms with Gasteiger partial charge in [-0.1, -0.05) is 6.07 Å². The Morgan fingerprint density at radius 3 is 2.94 bits per heavy atom. The lowest BCUT2D eigenvalue weighted by Crippen LogP contribution is -2.38. The monoisotopic (exact) mass is 438 g/mol. The summed E-state index contributed by atoms with van der Waals surface area (Å²) in [7, 11) is 1.66. The predicted molar refractivity (Wildman–Crippen MR) is 120 cm³/mol. The van der Waals surface area contributed by atoms with E-state index in [1.165, 1.54) is 24.2 Å². The van der Waals surface area contributed by atoms with Crippen LogP contribution in [0.1, 0.15) is 39.9 Å². The molecule has 2 aliphatic heterocycles. The second-order valence-electron chi connectivity index (χ2n) is 7.92. The van der Waals surface area contributed by atoms with Crippen LogP contribution >= 0.6 is 11.3 Å². The number of pyridine rings is 1. The number of amides is 1. The molecule has 2 saturated heterocycles. The third-order valence-corrected chi connectivity index (χ3v) is 7.01. The van der Waals surface area contributed by atoms with Crippen molar-refractivity contribution >= 4 is 33.4 Å². The number of thiophene rings is 1. The molecule has 31 heavy (non-hydrogen) atoms. The standard InChI is InChI=1S/C22H26N6O2S/c1-23-20(29)19-18(16-5-4-7-24-21(16)31-19)17-14-27(11-12-30-17)13-15-6-8-25-22(26-15)28-9-2-3-10-28/h4-8,17H,2-3,9-14H2,1H3,(H,23,29)/t17-/m0/s1. The molecule has 2 fully saturated rings. The van der Waals surface area contributed by atoms with Gasteiger partial charge in [0, 0.05) is 63.1 Å². The minimum Gasteiger partial charge on any atom is -0.371 e. The average Bonchev–Trinajstić information content (AvgIpc) is 3.47. The fourth-order valence-corrected chi connectivity index (χ4v) is 5.49. The van der Waals surface area contributed by atoms with Gasteiger partial charge in [-0.2, -0.15) is 0 Å². The van der Waals surface area contributed by atoms with Gasteiger partial charge in [-0.15, -0.1) is 11.3 Å². The van der Waals surface area contributed by atoms with Gasteiger partial charge in [0.15, 0.2) is 0 Å². The molecule has 0 saturated carbocycles. The van der Waals surface area contributed by atoms with Crippen molar-refractivity contribution in [1.82, 2.24) is 25.2 Å². The first-order valence-corrected chi connectivity index (χ1v) is 11.5. The normalized spacial score (nSPS) is 19.8. The summed E-state index contributed by atoms with van der Waals surface area (Å²) in [6.45, 7) is 4.94. The zero-order chi connectivity index (χ0) is 21.2. The van der Waals surface area contributed by atoms with E-state index in [0.29, 0.717) is 18.0 Å². The maximum atomic E-state index is 12.6. The molecule has 5 heterocycles. The third kappa shape index (κ3) is 4.13. The van der Waals surface area contributed by atoms with Crippen LogP contribution in [0, 0.1) is 0 Å². The first kappa shape index (κ1) is 20.3. The van der Waals surface area contributed by atoms with E-state index < -0.39 is 0 Å². The van der Waals surface area contributed by atoms with Gasteiger partial charge in [0.25, 0.3) is 5.91 Å². The quantitative estimate of drug-likeness (QED) is 0.656. The number of carbonyl (C=O) groups is 1. The van der Waals surface area contributed by atoms with Gasteiger partial charge in [-0.25, -0.2) is 15.0 Å². The van der Waals surface area contributed by atoms with Crippen LogP contribution in [0.25, 0.3) is 10.2 Å². The Bertz CT molecular complexity index is 1080. The van der Waals surface area contributed by atoms with Gasteiger partial charge >= 0.3 is 0 Å². The van der Waals surface area contributed by atoms with Crippen LogP contribution in [0.15, 0.2) is 30.6 Å². The summed E-state index contributed by atoms with van der Waals surface area (Å²) in [6, 6.07) is 5.92. The Kier molecular flexibility index (Phi) is 5.80. The maximum absolute atomic E-state index is 12.6. The number of fused-ring (bicyclic) bond motifs is 1. The molecule has 1 N–H and O–H groups in total. The van der Waals surface area contributed by atoms with E-state index in [1.807, 2.05) is 24.4 Å².